The molecule has 2 heterocycles. The van der Waals surface area contributed by atoms with E-state index in [4.69, 9.17) is 5.14 Å². The minimum Gasteiger partial charge on any atom is -0.335 e. The van der Waals surface area contributed by atoms with Crippen molar-refractivity contribution in [2.75, 3.05) is 7.05 Å². The standard InChI is InChI=1S/C24H29N5O5S/c1-13(2)12-29-21-20(22(30)27-24(29)32)18(11-19(26-21)15-8-9-15)23(31)28(4)14(3)16-6-5-7-17(10-16)35(25,33)34/h5-7,10-11,13-15H,8-9,12H2,1-4H3,(H2,25,33,34)(H,27,30,32). The van der Waals surface area contributed by atoms with E-state index in [2.05, 4.69) is 9.97 Å². The lowest BCUT2D eigenvalue weighted by Crippen LogP contribution is -2.35. The van der Waals surface area contributed by atoms with Crippen LogP contribution in [-0.2, 0) is 16.6 Å². The molecule has 10 nitrogen and oxygen atoms in total. The van der Waals surface area contributed by atoms with Gasteiger partial charge in [-0.1, -0.05) is 26.0 Å². The number of nitrogens with two attached hydrogens (primary N) is 1. The zero-order chi connectivity index (χ0) is 25.7. The van der Waals surface area contributed by atoms with Crippen LogP contribution in [0.5, 0.6) is 0 Å². The van der Waals surface area contributed by atoms with E-state index in [1.807, 2.05) is 13.8 Å². The van der Waals surface area contributed by atoms with Gasteiger partial charge in [-0.25, -0.2) is 23.3 Å². The molecule has 1 fully saturated rings. The third kappa shape index (κ3) is 4.92. The summed E-state index contributed by atoms with van der Waals surface area (Å²) in [4.78, 5) is 47.6. The van der Waals surface area contributed by atoms with Crippen LogP contribution in [0.25, 0.3) is 11.0 Å². The lowest BCUT2D eigenvalue weighted by atomic mass is 10.0. The number of nitrogens with one attached hydrogen (secondary N) is 1. The molecule has 1 saturated carbocycles. The second-order valence-corrected chi connectivity index (χ2v) is 11.1. The van der Waals surface area contributed by atoms with E-state index in [1.54, 1.807) is 32.2 Å². The molecule has 0 bridgehead atoms. The van der Waals surface area contributed by atoms with E-state index < -0.39 is 33.2 Å². The maximum absolute atomic E-state index is 13.7. The van der Waals surface area contributed by atoms with E-state index in [0.717, 1.165) is 12.8 Å². The van der Waals surface area contributed by atoms with Gasteiger partial charge in [-0.15, -0.1) is 0 Å². The highest BCUT2D eigenvalue weighted by Crippen LogP contribution is 2.40. The van der Waals surface area contributed by atoms with Crippen LogP contribution >= 0.6 is 0 Å². The number of aromatic nitrogens is 3. The maximum atomic E-state index is 13.7. The van der Waals surface area contributed by atoms with Gasteiger partial charge >= 0.3 is 5.69 Å². The van der Waals surface area contributed by atoms with Crippen LogP contribution in [-0.4, -0.2) is 40.8 Å². The number of fused-ring (bicyclic) bond motifs is 1. The first-order valence-corrected chi connectivity index (χ1v) is 13.0. The first-order valence-electron chi connectivity index (χ1n) is 11.5. The maximum Gasteiger partial charge on any atom is 0.330 e. The summed E-state index contributed by atoms with van der Waals surface area (Å²) in [6, 6.07) is 7.20. The van der Waals surface area contributed by atoms with Gasteiger partial charge < -0.3 is 4.90 Å². The normalized spacial score (nSPS) is 14.9. The summed E-state index contributed by atoms with van der Waals surface area (Å²) in [5.74, 6) is -0.142. The molecule has 0 saturated heterocycles. The highest BCUT2D eigenvalue weighted by Gasteiger charge is 2.30. The van der Waals surface area contributed by atoms with Crippen LogP contribution in [0.15, 0.2) is 44.8 Å². The van der Waals surface area contributed by atoms with Crippen molar-refractivity contribution >= 4 is 27.0 Å². The third-order valence-electron chi connectivity index (χ3n) is 6.31. The molecule has 3 aromatic rings. The Bertz CT molecular complexity index is 1540. The number of carbonyl (C=O) groups is 1. The van der Waals surface area contributed by atoms with Crippen molar-refractivity contribution in [1.29, 1.82) is 0 Å². The number of hydrogen-bond acceptors (Lipinski definition) is 6. The summed E-state index contributed by atoms with van der Waals surface area (Å²) in [7, 11) is -2.33. The number of sulfonamides is 1. The van der Waals surface area contributed by atoms with Gasteiger partial charge in [-0.2, -0.15) is 0 Å². The van der Waals surface area contributed by atoms with Gasteiger partial charge in [-0.3, -0.25) is 19.1 Å². The number of pyridine rings is 1. The molecule has 186 valence electrons. The second kappa shape index (κ2) is 9.04. The minimum atomic E-state index is -3.91. The monoisotopic (exact) mass is 499 g/mol. The van der Waals surface area contributed by atoms with Crippen molar-refractivity contribution in [2.45, 2.75) is 57.0 Å². The number of nitrogens with zero attached hydrogens (tertiary/aromatic N) is 3. The minimum absolute atomic E-state index is 0.0535. The number of primary sulfonamides is 1. The van der Waals surface area contributed by atoms with Gasteiger partial charge in [0.05, 0.1) is 21.9 Å². The molecule has 1 unspecified atom stereocenters. The Morgan fingerprint density at radius 1 is 1.23 bits per heavy atom. The number of hydrogen-bond donors (Lipinski definition) is 2. The van der Waals surface area contributed by atoms with Crippen LogP contribution in [0.4, 0.5) is 0 Å². The molecule has 1 aliphatic carbocycles. The molecule has 1 atom stereocenters. The van der Waals surface area contributed by atoms with Crippen LogP contribution in [0.3, 0.4) is 0 Å². The van der Waals surface area contributed by atoms with Gasteiger partial charge in [0.25, 0.3) is 11.5 Å². The topological polar surface area (TPSA) is 148 Å². The van der Waals surface area contributed by atoms with E-state index in [0.29, 0.717) is 17.8 Å². The second-order valence-electron chi connectivity index (χ2n) is 9.54. The first kappa shape index (κ1) is 24.8. The number of aromatic amines is 1. The Hall–Kier alpha value is -3.31. The third-order valence-corrected chi connectivity index (χ3v) is 7.22. The van der Waals surface area contributed by atoms with Crippen LogP contribution < -0.4 is 16.4 Å². The highest BCUT2D eigenvalue weighted by molar-refractivity contribution is 7.89. The number of amides is 1. The van der Waals surface area contributed by atoms with Gasteiger partial charge in [-0.05, 0) is 49.4 Å². The molecule has 1 aliphatic rings. The van der Waals surface area contributed by atoms with Gasteiger partial charge in [0.1, 0.15) is 0 Å². The highest BCUT2D eigenvalue weighted by atomic mass is 32.2. The largest absolute Gasteiger partial charge is 0.335 e. The van der Waals surface area contributed by atoms with Crippen LogP contribution in [0.2, 0.25) is 0 Å². The Kier molecular flexibility index (Phi) is 6.41. The predicted molar refractivity (Wildman–Crippen MR) is 132 cm³/mol. The summed E-state index contributed by atoms with van der Waals surface area (Å²) in [5, 5.41) is 5.33. The van der Waals surface area contributed by atoms with Crippen LogP contribution in [0.1, 0.15) is 67.2 Å². The van der Waals surface area contributed by atoms with E-state index >= 15 is 0 Å². The molecule has 0 spiro atoms. The fourth-order valence-corrected chi connectivity index (χ4v) is 4.69. The molecule has 1 aromatic carbocycles. The Morgan fingerprint density at radius 3 is 2.51 bits per heavy atom. The lowest BCUT2D eigenvalue weighted by Gasteiger charge is -2.26. The first-order chi connectivity index (χ1) is 16.4. The average Bonchev–Trinajstić information content (AvgIpc) is 3.64. The molecule has 4 rings (SSSR count). The number of carbonyl (C=O) groups excluding carboxylic acids is 1. The zero-order valence-electron chi connectivity index (χ0n) is 20.1. The summed E-state index contributed by atoms with van der Waals surface area (Å²) < 4.78 is 25.0. The smallest absolute Gasteiger partial charge is 0.330 e. The van der Waals surface area contributed by atoms with Gasteiger partial charge in [0, 0.05) is 25.2 Å². The summed E-state index contributed by atoms with van der Waals surface area (Å²) in [6.07, 6.45) is 1.85. The SMILES string of the molecule is CC(C)Cn1c(=O)[nH]c(=O)c2c(C(=O)N(C)C(C)c3cccc(S(N)(=O)=O)c3)cc(C3CC3)nc21. The van der Waals surface area contributed by atoms with Crippen molar-refractivity contribution in [3.63, 3.8) is 0 Å². The van der Waals surface area contributed by atoms with Gasteiger partial charge in [0.2, 0.25) is 10.0 Å². The number of benzene rings is 1. The van der Waals surface area contributed by atoms with Crippen molar-refractivity contribution in [1.82, 2.24) is 19.4 Å². The summed E-state index contributed by atoms with van der Waals surface area (Å²) in [5.41, 5.74) is 0.390. The van der Waals surface area contributed by atoms with Crippen molar-refractivity contribution in [2.24, 2.45) is 11.1 Å². The Morgan fingerprint density at radius 2 is 1.91 bits per heavy atom. The predicted octanol–water partition coefficient (Wildman–Crippen LogP) is 2.10. The van der Waals surface area contributed by atoms with E-state index in [1.165, 1.54) is 21.6 Å². The van der Waals surface area contributed by atoms with E-state index in [-0.39, 0.29) is 33.3 Å². The Labute approximate surface area is 202 Å². The molecule has 35 heavy (non-hydrogen) atoms. The lowest BCUT2D eigenvalue weighted by molar-refractivity contribution is 0.0744. The molecule has 2 aromatic heterocycles. The fraction of sp³-hybridized carbons (Fsp3) is 0.417. The molecule has 0 aliphatic heterocycles. The quantitative estimate of drug-likeness (QED) is 0.509. The fourth-order valence-electron chi connectivity index (χ4n) is 4.13. The molecule has 0 radical (unpaired) electrons. The summed E-state index contributed by atoms with van der Waals surface area (Å²) in [6.45, 7) is 5.99. The van der Waals surface area contributed by atoms with Crippen molar-refractivity contribution in [3.8, 4) is 0 Å². The van der Waals surface area contributed by atoms with E-state index in [9.17, 15) is 22.8 Å². The molecular weight excluding hydrogens is 470 g/mol. The number of H-pyrrole nitrogens is 1. The molecule has 11 heteroatoms. The molecular formula is C24H29N5O5S. The Balaban J connectivity index is 1.85. The summed E-state index contributed by atoms with van der Waals surface area (Å²) >= 11 is 0. The van der Waals surface area contributed by atoms with Gasteiger partial charge in [0.15, 0.2) is 5.65 Å². The van der Waals surface area contributed by atoms with Crippen molar-refractivity contribution < 1.29 is 13.2 Å². The van der Waals surface area contributed by atoms with Crippen LogP contribution in [0, 0.1) is 5.92 Å². The zero-order valence-corrected chi connectivity index (χ0v) is 20.9. The molecule has 1 amide bonds. The number of rotatable bonds is 7. The molecule has 3 N–H and O–H groups in total. The van der Waals surface area contributed by atoms with Crippen molar-refractivity contribution in [3.05, 3.63) is 68.0 Å². The average molecular weight is 500 g/mol.